The lowest BCUT2D eigenvalue weighted by molar-refractivity contribution is 0.216. The average molecular weight is 234 g/mol. The van der Waals surface area contributed by atoms with E-state index in [1.54, 1.807) is 0 Å². The highest BCUT2D eigenvalue weighted by Crippen LogP contribution is 2.17. The first kappa shape index (κ1) is 14.3. The van der Waals surface area contributed by atoms with Crippen molar-refractivity contribution in [2.45, 2.75) is 77.2 Å². The molecule has 1 aliphatic carbocycles. The highest BCUT2D eigenvalue weighted by atomic mass is 16.3. The minimum absolute atomic E-state index is 0.281. The highest BCUT2D eigenvalue weighted by molar-refractivity contribution is 5.34. The fraction of sp³-hybridized carbons (Fsp3) is 0.750. The number of hydrogen-bond acceptors (Lipinski definition) is 1. The molecule has 96 valence electrons. The van der Waals surface area contributed by atoms with Crippen molar-refractivity contribution in [2.75, 3.05) is 0 Å². The van der Waals surface area contributed by atoms with E-state index < -0.39 is 0 Å². The van der Waals surface area contributed by atoms with Crippen LogP contribution in [0.4, 0.5) is 0 Å². The van der Waals surface area contributed by atoms with Gasteiger partial charge in [0.05, 0.1) is 6.10 Å². The van der Waals surface area contributed by atoms with Crippen molar-refractivity contribution in [1.29, 1.82) is 0 Å². The quantitative estimate of drug-likeness (QED) is 0.517. The van der Waals surface area contributed by atoms with Crippen molar-refractivity contribution >= 4 is 0 Å². The lowest BCUT2D eigenvalue weighted by Gasteiger charge is -1.99. The van der Waals surface area contributed by atoms with Crippen molar-refractivity contribution in [1.82, 2.24) is 0 Å². The van der Waals surface area contributed by atoms with Crippen LogP contribution in [0.5, 0.6) is 0 Å². The van der Waals surface area contributed by atoms with Gasteiger partial charge < -0.3 is 5.11 Å². The molecule has 0 saturated carbocycles. The summed E-state index contributed by atoms with van der Waals surface area (Å²) in [5, 5.41) is 9.54. The molecule has 0 heterocycles. The van der Waals surface area contributed by atoms with Gasteiger partial charge in [-0.1, -0.05) is 63.4 Å². The molecule has 1 aliphatic rings. The van der Waals surface area contributed by atoms with Gasteiger partial charge in [-0.25, -0.2) is 0 Å². The van der Waals surface area contributed by atoms with Crippen molar-refractivity contribution in [3.63, 3.8) is 0 Å². The van der Waals surface area contributed by atoms with Gasteiger partial charge in [0.15, 0.2) is 0 Å². The summed E-state index contributed by atoms with van der Waals surface area (Å²) in [6, 6.07) is 0. The third-order valence-corrected chi connectivity index (χ3v) is 3.30. The maximum Gasteiger partial charge on any atom is 0.0867 e. The molecule has 0 amide bonds. The summed E-state index contributed by atoms with van der Waals surface area (Å²) in [6.07, 6.45) is 14.0. The Labute approximate surface area is 106 Å². The Balaban J connectivity index is 1.95. The molecule has 0 bridgehead atoms. The van der Waals surface area contributed by atoms with Crippen molar-refractivity contribution in [2.24, 2.45) is 0 Å². The molecule has 0 fully saturated rings. The zero-order valence-electron chi connectivity index (χ0n) is 11.2. The van der Waals surface area contributed by atoms with E-state index in [-0.39, 0.29) is 6.10 Å². The predicted octanol–water partition coefficient (Wildman–Crippen LogP) is 4.21. The first-order valence-electron chi connectivity index (χ1n) is 7.21. The number of hydrogen-bond donors (Lipinski definition) is 1. The predicted molar refractivity (Wildman–Crippen MR) is 73.7 cm³/mol. The van der Waals surface area contributed by atoms with Gasteiger partial charge in [-0.3, -0.25) is 0 Å². The van der Waals surface area contributed by atoms with Gasteiger partial charge in [-0.2, -0.15) is 0 Å². The van der Waals surface area contributed by atoms with E-state index in [2.05, 4.69) is 24.8 Å². The van der Waals surface area contributed by atoms with Crippen molar-refractivity contribution < 1.29 is 5.11 Å². The summed E-state index contributed by atoms with van der Waals surface area (Å²) >= 11 is 0. The second-order valence-electron chi connectivity index (χ2n) is 4.93. The summed E-state index contributed by atoms with van der Waals surface area (Å²) < 4.78 is 0. The first-order chi connectivity index (χ1) is 8.34. The maximum atomic E-state index is 9.54. The standard InChI is InChI=1S/C16H26O/c1-2-3-4-5-6-7-8-9-10-12-15-13-11-14-16(15)17/h13,16-17H,2-9,11,14H2,1H3/t16-/m0/s1. The number of aliphatic hydroxyl groups is 1. The maximum absolute atomic E-state index is 9.54. The van der Waals surface area contributed by atoms with Crippen LogP contribution in [0, 0.1) is 11.8 Å². The Hall–Kier alpha value is -0.740. The topological polar surface area (TPSA) is 20.2 Å². The van der Waals surface area contributed by atoms with Crippen LogP contribution in [0.1, 0.15) is 71.1 Å². The average Bonchev–Trinajstić information content (AvgIpc) is 2.73. The van der Waals surface area contributed by atoms with Gasteiger partial charge in [0.1, 0.15) is 0 Å². The van der Waals surface area contributed by atoms with Gasteiger partial charge >= 0.3 is 0 Å². The highest BCUT2D eigenvalue weighted by Gasteiger charge is 2.13. The summed E-state index contributed by atoms with van der Waals surface area (Å²) in [5.41, 5.74) is 0.952. The fourth-order valence-electron chi connectivity index (χ4n) is 2.16. The molecule has 1 rings (SSSR count). The Morgan fingerprint density at radius 1 is 1.18 bits per heavy atom. The van der Waals surface area contributed by atoms with Crippen LogP contribution in [0.25, 0.3) is 0 Å². The smallest absolute Gasteiger partial charge is 0.0867 e. The molecule has 17 heavy (non-hydrogen) atoms. The van der Waals surface area contributed by atoms with Gasteiger partial charge in [0.2, 0.25) is 0 Å². The Morgan fingerprint density at radius 2 is 1.88 bits per heavy atom. The largest absolute Gasteiger partial charge is 0.388 e. The minimum Gasteiger partial charge on any atom is -0.388 e. The lowest BCUT2D eigenvalue weighted by Crippen LogP contribution is -2.02. The summed E-state index contributed by atoms with van der Waals surface area (Å²) in [6.45, 7) is 2.25. The van der Waals surface area contributed by atoms with E-state index in [1.807, 2.05) is 0 Å². The number of allylic oxidation sites excluding steroid dienone is 1. The summed E-state index contributed by atoms with van der Waals surface area (Å²) in [5.74, 6) is 6.29. The van der Waals surface area contributed by atoms with E-state index in [9.17, 15) is 5.11 Å². The van der Waals surface area contributed by atoms with Crippen molar-refractivity contribution in [3.8, 4) is 11.8 Å². The molecule has 0 aromatic carbocycles. The zero-order chi connectivity index (χ0) is 12.3. The van der Waals surface area contributed by atoms with E-state index in [0.717, 1.165) is 24.8 Å². The van der Waals surface area contributed by atoms with E-state index in [1.165, 1.54) is 44.9 Å². The van der Waals surface area contributed by atoms with Gasteiger partial charge in [0, 0.05) is 12.0 Å². The molecule has 0 aromatic heterocycles. The van der Waals surface area contributed by atoms with Crippen LogP contribution >= 0.6 is 0 Å². The monoisotopic (exact) mass is 234 g/mol. The van der Waals surface area contributed by atoms with Gasteiger partial charge in [-0.05, 0) is 19.3 Å². The first-order valence-corrected chi connectivity index (χ1v) is 7.21. The molecule has 0 aromatic rings. The normalized spacial score (nSPS) is 18.7. The second-order valence-corrected chi connectivity index (χ2v) is 4.93. The molecule has 0 aliphatic heterocycles. The van der Waals surface area contributed by atoms with Gasteiger partial charge in [-0.15, -0.1) is 0 Å². The minimum atomic E-state index is -0.281. The van der Waals surface area contributed by atoms with Crippen LogP contribution in [-0.4, -0.2) is 11.2 Å². The molecule has 1 heteroatoms. The molecular weight excluding hydrogens is 208 g/mol. The summed E-state index contributed by atoms with van der Waals surface area (Å²) in [7, 11) is 0. The lowest BCUT2D eigenvalue weighted by atomic mass is 10.1. The molecular formula is C16H26O. The zero-order valence-corrected chi connectivity index (χ0v) is 11.2. The Kier molecular flexibility index (Phi) is 7.84. The number of rotatable bonds is 7. The van der Waals surface area contributed by atoms with Crippen LogP contribution in [0.15, 0.2) is 11.6 Å². The fourth-order valence-corrected chi connectivity index (χ4v) is 2.16. The van der Waals surface area contributed by atoms with Crippen molar-refractivity contribution in [3.05, 3.63) is 11.6 Å². The molecule has 1 nitrogen and oxygen atoms in total. The molecule has 0 spiro atoms. The van der Waals surface area contributed by atoms with E-state index >= 15 is 0 Å². The third-order valence-electron chi connectivity index (χ3n) is 3.30. The van der Waals surface area contributed by atoms with Gasteiger partial charge in [0.25, 0.3) is 0 Å². The molecule has 1 N–H and O–H groups in total. The molecule has 0 radical (unpaired) electrons. The molecule has 0 saturated heterocycles. The van der Waals surface area contributed by atoms with Crippen LogP contribution < -0.4 is 0 Å². The summed E-state index contributed by atoms with van der Waals surface area (Å²) in [4.78, 5) is 0. The van der Waals surface area contributed by atoms with Crippen LogP contribution in [0.2, 0.25) is 0 Å². The van der Waals surface area contributed by atoms with Crippen LogP contribution in [0.3, 0.4) is 0 Å². The SMILES string of the molecule is CCCCCCCCCC#CC1=CCC[C@@H]1O. The van der Waals surface area contributed by atoms with E-state index in [0.29, 0.717) is 0 Å². The van der Waals surface area contributed by atoms with E-state index in [4.69, 9.17) is 0 Å². The number of unbranched alkanes of at least 4 members (excludes halogenated alkanes) is 7. The molecule has 0 unspecified atom stereocenters. The number of aliphatic hydroxyl groups excluding tert-OH is 1. The Morgan fingerprint density at radius 3 is 2.53 bits per heavy atom. The van der Waals surface area contributed by atoms with Crippen LogP contribution in [-0.2, 0) is 0 Å². The third kappa shape index (κ3) is 6.54. The molecule has 1 atom stereocenters. The Bertz CT molecular complexity index is 280. The second kappa shape index (κ2) is 9.31.